The van der Waals surface area contributed by atoms with Crippen molar-refractivity contribution in [1.29, 1.82) is 0 Å². The summed E-state index contributed by atoms with van der Waals surface area (Å²) in [4.78, 5) is 5.45. The quantitative estimate of drug-likeness (QED) is 0.375. The average molecular weight is 386 g/mol. The SMILES string of the molecule is C=CCOc1ccccc1CN=C(NCC)NCCS(=O)c1ccccc1. The van der Waals surface area contributed by atoms with Gasteiger partial charge in [0.25, 0.3) is 0 Å². The van der Waals surface area contributed by atoms with Crippen molar-refractivity contribution < 1.29 is 8.95 Å². The number of hydrogen-bond donors (Lipinski definition) is 2. The van der Waals surface area contributed by atoms with Gasteiger partial charge in [-0.25, -0.2) is 4.99 Å². The van der Waals surface area contributed by atoms with E-state index >= 15 is 0 Å². The number of nitrogens with one attached hydrogen (secondary N) is 2. The van der Waals surface area contributed by atoms with Crippen LogP contribution in [0.2, 0.25) is 0 Å². The molecule has 0 aliphatic carbocycles. The van der Waals surface area contributed by atoms with Crippen molar-refractivity contribution >= 4 is 16.8 Å². The van der Waals surface area contributed by atoms with Gasteiger partial charge in [0.15, 0.2) is 5.96 Å². The van der Waals surface area contributed by atoms with E-state index in [1.54, 1.807) is 6.08 Å². The van der Waals surface area contributed by atoms with Gasteiger partial charge in [0.1, 0.15) is 12.4 Å². The second kappa shape index (κ2) is 11.9. The summed E-state index contributed by atoms with van der Waals surface area (Å²) in [6, 6.07) is 17.3. The highest BCUT2D eigenvalue weighted by molar-refractivity contribution is 7.85. The van der Waals surface area contributed by atoms with Gasteiger partial charge in [-0.15, -0.1) is 0 Å². The lowest BCUT2D eigenvalue weighted by Gasteiger charge is -2.12. The third-order valence-corrected chi connectivity index (χ3v) is 5.04. The van der Waals surface area contributed by atoms with Gasteiger partial charge in [0.2, 0.25) is 0 Å². The number of hydrogen-bond acceptors (Lipinski definition) is 3. The van der Waals surface area contributed by atoms with E-state index in [2.05, 4.69) is 22.2 Å². The van der Waals surface area contributed by atoms with Crippen molar-refractivity contribution in [2.45, 2.75) is 18.4 Å². The second-order valence-corrected chi connectivity index (χ2v) is 7.26. The molecule has 0 heterocycles. The minimum Gasteiger partial charge on any atom is -0.489 e. The van der Waals surface area contributed by atoms with E-state index < -0.39 is 10.8 Å². The Hall–Kier alpha value is -2.60. The van der Waals surface area contributed by atoms with Crippen molar-refractivity contribution in [3.8, 4) is 5.75 Å². The van der Waals surface area contributed by atoms with Gasteiger partial charge in [0.05, 0.1) is 17.3 Å². The van der Waals surface area contributed by atoms with E-state index in [9.17, 15) is 4.21 Å². The third kappa shape index (κ3) is 7.27. The highest BCUT2D eigenvalue weighted by Crippen LogP contribution is 2.18. The van der Waals surface area contributed by atoms with Crippen LogP contribution in [0, 0.1) is 0 Å². The lowest BCUT2D eigenvalue weighted by Crippen LogP contribution is -2.39. The molecule has 2 aromatic rings. The molecule has 0 saturated carbocycles. The summed E-state index contributed by atoms with van der Waals surface area (Å²) in [5.41, 5.74) is 1.00. The maximum absolute atomic E-state index is 12.3. The van der Waals surface area contributed by atoms with Crippen LogP contribution >= 0.6 is 0 Å². The number of rotatable bonds is 10. The van der Waals surface area contributed by atoms with Gasteiger partial charge in [-0.05, 0) is 25.1 Å². The zero-order valence-corrected chi connectivity index (χ0v) is 16.5. The first kappa shape index (κ1) is 20.7. The molecular weight excluding hydrogens is 358 g/mol. The zero-order valence-electron chi connectivity index (χ0n) is 15.7. The minimum absolute atomic E-state index is 0.463. The van der Waals surface area contributed by atoms with Gasteiger partial charge >= 0.3 is 0 Å². The summed E-state index contributed by atoms with van der Waals surface area (Å²) in [5, 5.41) is 6.46. The van der Waals surface area contributed by atoms with E-state index in [-0.39, 0.29) is 0 Å². The molecular formula is C21H27N3O2S. The molecule has 0 aliphatic rings. The molecule has 2 rings (SSSR count). The Kier molecular flexibility index (Phi) is 9.13. The zero-order chi connectivity index (χ0) is 19.3. The molecule has 2 N–H and O–H groups in total. The second-order valence-electron chi connectivity index (χ2n) is 5.69. The summed E-state index contributed by atoms with van der Waals surface area (Å²) in [5.74, 6) is 2.02. The Morgan fingerprint density at radius 2 is 1.89 bits per heavy atom. The predicted octanol–water partition coefficient (Wildman–Crippen LogP) is 3.11. The fraction of sp³-hybridized carbons (Fsp3) is 0.286. The van der Waals surface area contributed by atoms with Crippen LogP contribution < -0.4 is 15.4 Å². The van der Waals surface area contributed by atoms with Crippen LogP contribution in [0.5, 0.6) is 5.75 Å². The van der Waals surface area contributed by atoms with Gasteiger partial charge in [-0.2, -0.15) is 0 Å². The van der Waals surface area contributed by atoms with E-state index in [1.807, 2.05) is 61.5 Å². The van der Waals surface area contributed by atoms with Crippen molar-refractivity contribution in [2.75, 3.05) is 25.4 Å². The fourth-order valence-corrected chi connectivity index (χ4v) is 3.37. The Morgan fingerprint density at radius 1 is 1.15 bits per heavy atom. The first-order valence-corrected chi connectivity index (χ1v) is 10.3. The molecule has 1 unspecified atom stereocenters. The normalized spacial score (nSPS) is 12.3. The number of aliphatic imine (C=N–C) groups is 1. The van der Waals surface area contributed by atoms with E-state index in [1.165, 1.54) is 0 Å². The first-order valence-electron chi connectivity index (χ1n) is 9.01. The first-order chi connectivity index (χ1) is 13.2. The molecule has 2 aromatic carbocycles. The molecule has 0 radical (unpaired) electrons. The van der Waals surface area contributed by atoms with E-state index in [0.717, 1.165) is 22.8 Å². The predicted molar refractivity (Wildman–Crippen MR) is 113 cm³/mol. The van der Waals surface area contributed by atoms with Gasteiger partial charge < -0.3 is 15.4 Å². The van der Waals surface area contributed by atoms with Crippen molar-refractivity contribution in [2.24, 2.45) is 4.99 Å². The Morgan fingerprint density at radius 3 is 2.63 bits per heavy atom. The minimum atomic E-state index is -1.03. The van der Waals surface area contributed by atoms with Crippen LogP contribution in [-0.2, 0) is 17.3 Å². The Bertz CT molecular complexity index is 763. The molecule has 0 aromatic heterocycles. The standard InChI is InChI=1S/C21H27N3O2S/c1-3-15-26-20-13-9-8-10-18(20)17-24-21(22-4-2)23-14-16-27(25)19-11-6-5-7-12-19/h3,5-13H,1,4,14-17H2,2H3,(H2,22,23,24). The number of guanidine groups is 1. The molecule has 5 nitrogen and oxygen atoms in total. The van der Waals surface area contributed by atoms with Gasteiger partial charge in [-0.3, -0.25) is 4.21 Å². The van der Waals surface area contributed by atoms with Crippen LogP contribution in [0.15, 0.2) is 77.1 Å². The molecule has 0 fully saturated rings. The number of para-hydroxylation sites is 1. The van der Waals surface area contributed by atoms with Crippen LogP contribution in [0.3, 0.4) is 0 Å². The maximum Gasteiger partial charge on any atom is 0.191 e. The molecule has 1 atom stereocenters. The summed E-state index contributed by atoms with van der Waals surface area (Å²) in [7, 11) is -1.03. The Balaban J connectivity index is 1.92. The van der Waals surface area contributed by atoms with Crippen LogP contribution in [-0.4, -0.2) is 35.6 Å². The van der Waals surface area contributed by atoms with Gasteiger partial charge in [0, 0.05) is 29.3 Å². The lowest BCUT2D eigenvalue weighted by atomic mass is 10.2. The largest absolute Gasteiger partial charge is 0.489 e. The summed E-state index contributed by atoms with van der Waals surface area (Å²) >= 11 is 0. The van der Waals surface area contributed by atoms with E-state index in [0.29, 0.717) is 31.4 Å². The molecule has 0 amide bonds. The highest BCUT2D eigenvalue weighted by atomic mass is 32.2. The summed E-state index contributed by atoms with van der Waals surface area (Å²) < 4.78 is 18.0. The molecule has 0 saturated heterocycles. The van der Waals surface area contributed by atoms with E-state index in [4.69, 9.17) is 4.74 Å². The van der Waals surface area contributed by atoms with Crippen molar-refractivity contribution in [3.05, 3.63) is 72.8 Å². The van der Waals surface area contributed by atoms with Gasteiger partial charge in [-0.1, -0.05) is 49.1 Å². The number of benzene rings is 2. The Labute approximate surface area is 164 Å². The highest BCUT2D eigenvalue weighted by Gasteiger charge is 2.05. The summed E-state index contributed by atoms with van der Waals surface area (Å²) in [6.45, 7) is 7.97. The summed E-state index contributed by atoms with van der Waals surface area (Å²) in [6.07, 6.45) is 1.72. The molecule has 144 valence electrons. The number of nitrogens with zero attached hydrogens (tertiary/aromatic N) is 1. The molecule has 6 heteroatoms. The topological polar surface area (TPSA) is 62.7 Å². The van der Waals surface area contributed by atoms with Crippen molar-refractivity contribution in [3.63, 3.8) is 0 Å². The average Bonchev–Trinajstić information content (AvgIpc) is 2.71. The van der Waals surface area contributed by atoms with Crippen LogP contribution in [0.25, 0.3) is 0 Å². The smallest absolute Gasteiger partial charge is 0.191 e. The number of ether oxygens (including phenoxy) is 1. The molecule has 0 spiro atoms. The fourth-order valence-electron chi connectivity index (χ4n) is 2.38. The maximum atomic E-state index is 12.3. The van der Waals surface area contributed by atoms with Crippen LogP contribution in [0.1, 0.15) is 12.5 Å². The van der Waals surface area contributed by atoms with Crippen LogP contribution in [0.4, 0.5) is 0 Å². The van der Waals surface area contributed by atoms with Crippen molar-refractivity contribution in [1.82, 2.24) is 10.6 Å². The monoisotopic (exact) mass is 385 g/mol. The third-order valence-electron chi connectivity index (χ3n) is 3.67. The molecule has 0 aliphatic heterocycles. The molecule has 27 heavy (non-hydrogen) atoms. The molecule has 0 bridgehead atoms. The lowest BCUT2D eigenvalue weighted by molar-refractivity contribution is 0.359.